The van der Waals surface area contributed by atoms with Crippen LogP contribution in [0.3, 0.4) is 0 Å². The number of likely N-dealkylation sites (tertiary alicyclic amines) is 1. The highest BCUT2D eigenvalue weighted by molar-refractivity contribution is 5.93. The van der Waals surface area contributed by atoms with E-state index in [1.165, 1.54) is 92.3 Å². The highest BCUT2D eigenvalue weighted by Gasteiger charge is 2.23. The monoisotopic (exact) mass is 402 g/mol. The van der Waals surface area contributed by atoms with Gasteiger partial charge in [-0.15, -0.1) is 0 Å². The Bertz CT molecular complexity index is 984. The van der Waals surface area contributed by atoms with E-state index in [0.717, 1.165) is 25.3 Å². The van der Waals surface area contributed by atoms with Crippen LogP contribution in [0.5, 0.6) is 5.75 Å². The lowest BCUT2D eigenvalue weighted by atomic mass is 10.0. The summed E-state index contributed by atoms with van der Waals surface area (Å²) in [4.78, 5) is 2.67. The Morgan fingerprint density at radius 2 is 1.53 bits per heavy atom. The van der Waals surface area contributed by atoms with Crippen LogP contribution in [-0.2, 0) is 13.0 Å². The van der Waals surface area contributed by atoms with E-state index in [4.69, 9.17) is 4.74 Å². The van der Waals surface area contributed by atoms with Crippen LogP contribution in [0.2, 0.25) is 0 Å². The normalized spacial score (nSPS) is 16.7. The third-order valence-electron chi connectivity index (χ3n) is 6.88. The third kappa shape index (κ3) is 4.00. The molecule has 0 saturated carbocycles. The smallest absolute Gasteiger partial charge is 0.128 e. The van der Waals surface area contributed by atoms with Crippen molar-refractivity contribution < 1.29 is 4.74 Å². The van der Waals surface area contributed by atoms with Crippen LogP contribution in [0, 0.1) is 0 Å². The maximum atomic E-state index is 6.09. The summed E-state index contributed by atoms with van der Waals surface area (Å²) in [5.41, 5.74) is 5.48. The van der Waals surface area contributed by atoms with Crippen molar-refractivity contribution in [3.8, 4) is 17.0 Å². The molecule has 0 aliphatic carbocycles. The summed E-state index contributed by atoms with van der Waals surface area (Å²) in [6.45, 7) is 5.79. The average Bonchev–Trinajstić information content (AvgIpc) is 2.97. The molecule has 0 bridgehead atoms. The Labute approximate surface area is 180 Å². The number of para-hydroxylation sites is 2. The summed E-state index contributed by atoms with van der Waals surface area (Å²) in [5, 5.41) is 1.40. The lowest BCUT2D eigenvalue weighted by Gasteiger charge is -2.26. The SMILES string of the molecule is c1ccc2c(c1)OCCc1c-2n(CCCCCCN2CCCCC2)c2ccccc12. The molecule has 30 heavy (non-hydrogen) atoms. The summed E-state index contributed by atoms with van der Waals surface area (Å²) in [6.07, 6.45) is 10.5. The van der Waals surface area contributed by atoms with Gasteiger partial charge in [0.05, 0.1) is 12.3 Å². The van der Waals surface area contributed by atoms with Crippen molar-refractivity contribution in [3.63, 3.8) is 0 Å². The molecule has 3 heterocycles. The predicted octanol–water partition coefficient (Wildman–Crippen LogP) is 6.29. The molecule has 0 N–H and O–H groups in total. The second-order valence-electron chi connectivity index (χ2n) is 8.91. The number of piperidine rings is 1. The number of ether oxygens (including phenoxy) is 1. The second kappa shape index (κ2) is 9.26. The van der Waals surface area contributed by atoms with Crippen LogP contribution in [0.4, 0.5) is 0 Å². The van der Waals surface area contributed by atoms with Crippen molar-refractivity contribution in [1.82, 2.24) is 9.47 Å². The van der Waals surface area contributed by atoms with Crippen LogP contribution < -0.4 is 4.74 Å². The van der Waals surface area contributed by atoms with E-state index in [-0.39, 0.29) is 0 Å². The maximum Gasteiger partial charge on any atom is 0.128 e. The number of aryl methyl sites for hydroxylation is 1. The van der Waals surface area contributed by atoms with Crippen LogP contribution in [0.25, 0.3) is 22.2 Å². The fraction of sp³-hybridized carbons (Fsp3) is 0.481. The molecular formula is C27H34N2O. The van der Waals surface area contributed by atoms with Gasteiger partial charge in [0.2, 0.25) is 0 Å². The van der Waals surface area contributed by atoms with Gasteiger partial charge in [-0.25, -0.2) is 0 Å². The number of fused-ring (bicyclic) bond motifs is 5. The minimum atomic E-state index is 0.758. The van der Waals surface area contributed by atoms with Gasteiger partial charge < -0.3 is 14.2 Å². The van der Waals surface area contributed by atoms with Gasteiger partial charge in [0, 0.05) is 29.4 Å². The molecular weight excluding hydrogens is 368 g/mol. The van der Waals surface area contributed by atoms with Gasteiger partial charge >= 0.3 is 0 Å². The summed E-state index contributed by atoms with van der Waals surface area (Å²) in [5.74, 6) is 1.03. The number of nitrogens with zero attached hydrogens (tertiary/aromatic N) is 2. The van der Waals surface area contributed by atoms with E-state index in [2.05, 4.69) is 58.0 Å². The first kappa shape index (κ1) is 19.7. The number of hydrogen-bond acceptors (Lipinski definition) is 2. The molecule has 1 fully saturated rings. The molecule has 1 saturated heterocycles. The summed E-state index contributed by atoms with van der Waals surface area (Å²) in [6, 6.07) is 17.5. The number of benzene rings is 2. The lowest BCUT2D eigenvalue weighted by molar-refractivity contribution is 0.224. The highest BCUT2D eigenvalue weighted by Crippen LogP contribution is 2.40. The van der Waals surface area contributed by atoms with E-state index >= 15 is 0 Å². The van der Waals surface area contributed by atoms with Crippen molar-refractivity contribution in [1.29, 1.82) is 0 Å². The molecule has 0 atom stereocenters. The van der Waals surface area contributed by atoms with E-state index in [0.29, 0.717) is 0 Å². The molecule has 2 aliphatic heterocycles. The Kier molecular flexibility index (Phi) is 6.08. The molecule has 0 spiro atoms. The topological polar surface area (TPSA) is 17.4 Å². The van der Waals surface area contributed by atoms with E-state index in [9.17, 15) is 0 Å². The fourth-order valence-electron chi connectivity index (χ4n) is 5.36. The van der Waals surface area contributed by atoms with Gasteiger partial charge in [-0.05, 0) is 69.1 Å². The highest BCUT2D eigenvalue weighted by atomic mass is 16.5. The number of hydrogen-bond donors (Lipinski definition) is 0. The molecule has 2 aromatic carbocycles. The molecule has 5 rings (SSSR count). The molecule has 3 aromatic rings. The molecule has 0 radical (unpaired) electrons. The van der Waals surface area contributed by atoms with Crippen molar-refractivity contribution in [2.75, 3.05) is 26.2 Å². The van der Waals surface area contributed by atoms with E-state index in [1.54, 1.807) is 0 Å². The molecule has 3 nitrogen and oxygen atoms in total. The molecule has 2 aliphatic rings. The molecule has 0 unspecified atom stereocenters. The second-order valence-corrected chi connectivity index (χ2v) is 8.91. The Hall–Kier alpha value is -2.26. The zero-order valence-electron chi connectivity index (χ0n) is 18.1. The zero-order valence-corrected chi connectivity index (χ0v) is 18.1. The Morgan fingerprint density at radius 3 is 2.43 bits per heavy atom. The van der Waals surface area contributed by atoms with Crippen molar-refractivity contribution >= 4 is 10.9 Å². The molecule has 1 aromatic heterocycles. The van der Waals surface area contributed by atoms with Gasteiger partial charge in [-0.2, -0.15) is 0 Å². The van der Waals surface area contributed by atoms with Crippen LogP contribution in [-0.4, -0.2) is 35.7 Å². The molecule has 0 amide bonds. The fourth-order valence-corrected chi connectivity index (χ4v) is 5.36. The Morgan fingerprint density at radius 1 is 0.767 bits per heavy atom. The van der Waals surface area contributed by atoms with Crippen molar-refractivity contribution in [2.24, 2.45) is 0 Å². The third-order valence-corrected chi connectivity index (χ3v) is 6.88. The quantitative estimate of drug-likeness (QED) is 0.432. The first-order valence-electron chi connectivity index (χ1n) is 12.0. The van der Waals surface area contributed by atoms with E-state index in [1.807, 2.05) is 0 Å². The minimum Gasteiger partial charge on any atom is -0.493 e. The van der Waals surface area contributed by atoms with Gasteiger partial charge in [0.15, 0.2) is 0 Å². The molecule has 3 heteroatoms. The van der Waals surface area contributed by atoms with Gasteiger partial charge in [0.1, 0.15) is 5.75 Å². The zero-order chi connectivity index (χ0) is 20.2. The predicted molar refractivity (Wildman–Crippen MR) is 125 cm³/mol. The van der Waals surface area contributed by atoms with Gasteiger partial charge in [-0.3, -0.25) is 0 Å². The summed E-state index contributed by atoms with van der Waals surface area (Å²) >= 11 is 0. The summed E-state index contributed by atoms with van der Waals surface area (Å²) < 4.78 is 8.66. The Balaban J connectivity index is 1.31. The first-order valence-corrected chi connectivity index (χ1v) is 12.0. The first-order chi connectivity index (χ1) is 14.9. The number of unbranched alkanes of at least 4 members (excludes halogenated alkanes) is 3. The van der Waals surface area contributed by atoms with Gasteiger partial charge in [-0.1, -0.05) is 49.6 Å². The van der Waals surface area contributed by atoms with Crippen LogP contribution in [0.1, 0.15) is 50.5 Å². The number of aromatic nitrogens is 1. The largest absolute Gasteiger partial charge is 0.493 e. The number of rotatable bonds is 7. The average molecular weight is 403 g/mol. The van der Waals surface area contributed by atoms with Crippen LogP contribution >= 0.6 is 0 Å². The lowest BCUT2D eigenvalue weighted by Crippen LogP contribution is -2.30. The minimum absolute atomic E-state index is 0.758. The van der Waals surface area contributed by atoms with Gasteiger partial charge in [0.25, 0.3) is 0 Å². The van der Waals surface area contributed by atoms with E-state index < -0.39 is 0 Å². The standard InChI is InChI=1S/C27H34N2O/c1(8-17-28-18-9-3-10-19-28)2-11-20-29-25-14-6-4-12-22(25)23-16-21-30-26-15-7-5-13-24(26)27(23)29/h4-7,12-15H,1-3,8-11,16-21H2. The van der Waals surface area contributed by atoms with Crippen molar-refractivity contribution in [2.45, 2.75) is 57.9 Å². The maximum absolute atomic E-state index is 6.09. The summed E-state index contributed by atoms with van der Waals surface area (Å²) in [7, 11) is 0. The molecule has 158 valence electrons. The van der Waals surface area contributed by atoms with Crippen molar-refractivity contribution in [3.05, 3.63) is 54.1 Å². The van der Waals surface area contributed by atoms with Crippen LogP contribution in [0.15, 0.2) is 48.5 Å².